The number of pyridine rings is 1. The molecule has 2 aliphatic rings. The number of H-pyrrole nitrogens is 1. The lowest BCUT2D eigenvalue weighted by Crippen LogP contribution is -2.11. The van der Waals surface area contributed by atoms with Crippen LogP contribution in [0.2, 0.25) is 0 Å². The normalized spacial score (nSPS) is 10.2. The maximum Gasteiger partial charge on any atom is 0.297 e. The van der Waals surface area contributed by atoms with Crippen LogP contribution >= 0.6 is 0 Å². The van der Waals surface area contributed by atoms with Crippen LogP contribution in [0, 0.1) is 0 Å². The zero-order chi connectivity index (χ0) is 7.68. The van der Waals surface area contributed by atoms with Gasteiger partial charge in [0.25, 0.3) is 5.56 Å². The van der Waals surface area contributed by atoms with E-state index in [2.05, 4.69) is 15.2 Å². The molecule has 0 saturated carbocycles. The first-order chi connectivity index (χ1) is 5.38. The highest BCUT2D eigenvalue weighted by atomic mass is 16.1. The summed E-state index contributed by atoms with van der Waals surface area (Å²) >= 11 is 0. The van der Waals surface area contributed by atoms with Crippen molar-refractivity contribution in [3.63, 3.8) is 0 Å². The van der Waals surface area contributed by atoms with Crippen LogP contribution in [0.25, 0.3) is 11.3 Å². The number of nitrogens with zero attached hydrogens (tertiary/aromatic N) is 2. The average Bonchev–Trinajstić information content (AvgIpc) is 2.06. The third kappa shape index (κ3) is 0.881. The van der Waals surface area contributed by atoms with Crippen molar-refractivity contribution in [2.24, 2.45) is 0 Å². The van der Waals surface area contributed by atoms with Gasteiger partial charge in [0.1, 0.15) is 0 Å². The fourth-order valence-corrected chi connectivity index (χ4v) is 0.936. The number of aromatic nitrogens is 3. The standard InChI is InChI=1S/C7H5N3O/c11-7-5-2-1-3-8-6(5)4-9-10-7/h1-4,8H. The van der Waals surface area contributed by atoms with Crippen molar-refractivity contribution in [3.8, 4) is 11.3 Å². The van der Waals surface area contributed by atoms with Gasteiger partial charge in [-0.3, -0.25) is 4.79 Å². The molecular weight excluding hydrogens is 142 g/mol. The Hall–Kier alpha value is -1.71. The summed E-state index contributed by atoms with van der Waals surface area (Å²) in [5.74, 6) is 0. The minimum absolute atomic E-state index is 0.292. The van der Waals surface area contributed by atoms with Gasteiger partial charge in [0, 0.05) is 6.20 Å². The van der Waals surface area contributed by atoms with Gasteiger partial charge in [-0.1, -0.05) is 0 Å². The molecule has 0 bridgehead atoms. The molecule has 0 aromatic carbocycles. The minimum Gasteiger partial charge on any atom is -0.360 e. The molecule has 54 valence electrons. The summed E-state index contributed by atoms with van der Waals surface area (Å²) in [6.45, 7) is 0. The maximum atomic E-state index is 11.0. The van der Waals surface area contributed by atoms with Crippen LogP contribution in [0.3, 0.4) is 0 Å². The third-order valence-electron chi connectivity index (χ3n) is 1.45. The summed E-state index contributed by atoms with van der Waals surface area (Å²) in [5, 5.41) is 6.90. The summed E-state index contributed by atoms with van der Waals surface area (Å²) < 4.78 is 0. The molecule has 0 fully saturated rings. The second-order valence-corrected chi connectivity index (χ2v) is 2.15. The number of hydrogen-bond acceptors (Lipinski definition) is 3. The Balaban J connectivity index is 2.90. The summed E-state index contributed by atoms with van der Waals surface area (Å²) in [4.78, 5) is 13.9. The molecule has 2 heterocycles. The number of nitrogens with one attached hydrogen (secondary N) is 1. The van der Waals surface area contributed by atoms with Crippen molar-refractivity contribution < 1.29 is 0 Å². The summed E-state index contributed by atoms with van der Waals surface area (Å²) in [6, 6.07) is 3.47. The predicted molar refractivity (Wildman–Crippen MR) is 39.3 cm³/mol. The molecule has 0 aliphatic carbocycles. The monoisotopic (exact) mass is 147 g/mol. The van der Waals surface area contributed by atoms with E-state index in [-0.39, 0.29) is 5.56 Å². The molecule has 2 aliphatic heterocycles. The van der Waals surface area contributed by atoms with Crippen molar-refractivity contribution in [1.82, 2.24) is 15.2 Å². The lowest BCUT2D eigenvalue weighted by atomic mass is 10.2. The van der Waals surface area contributed by atoms with Gasteiger partial charge >= 0.3 is 0 Å². The molecule has 1 N–H and O–H groups in total. The van der Waals surface area contributed by atoms with E-state index in [1.54, 1.807) is 18.3 Å². The average molecular weight is 147 g/mol. The van der Waals surface area contributed by atoms with Gasteiger partial charge in [0.15, 0.2) is 0 Å². The number of fused-ring (bicyclic) bond motifs is 1. The van der Waals surface area contributed by atoms with Crippen LogP contribution < -0.4 is 5.56 Å². The van der Waals surface area contributed by atoms with Crippen molar-refractivity contribution >= 4 is 0 Å². The van der Waals surface area contributed by atoms with Crippen LogP contribution in [0.1, 0.15) is 0 Å². The first kappa shape index (κ1) is 6.03. The minimum atomic E-state index is -0.292. The van der Waals surface area contributed by atoms with E-state index in [1.807, 2.05) is 0 Å². The van der Waals surface area contributed by atoms with Crippen LogP contribution in [0.5, 0.6) is 0 Å². The highest BCUT2D eigenvalue weighted by Gasteiger charge is 2.03. The fraction of sp³-hybridized carbons (Fsp3) is 0. The molecular formula is C7H5N3O. The van der Waals surface area contributed by atoms with Crippen molar-refractivity contribution in [3.05, 3.63) is 34.9 Å². The molecule has 0 radical (unpaired) electrons. The van der Waals surface area contributed by atoms with Crippen LogP contribution in [-0.2, 0) is 0 Å². The van der Waals surface area contributed by atoms with Gasteiger partial charge in [0.05, 0.1) is 17.5 Å². The lowest BCUT2D eigenvalue weighted by molar-refractivity contribution is 0.978. The van der Waals surface area contributed by atoms with Crippen LogP contribution in [0.4, 0.5) is 0 Å². The van der Waals surface area contributed by atoms with E-state index < -0.39 is 0 Å². The molecule has 0 spiro atoms. The third-order valence-corrected chi connectivity index (χ3v) is 1.45. The Morgan fingerprint density at radius 3 is 3.18 bits per heavy atom. The molecule has 2 rings (SSSR count). The van der Waals surface area contributed by atoms with Gasteiger partial charge in [0.2, 0.25) is 0 Å². The molecule has 0 aromatic heterocycles. The second-order valence-electron chi connectivity index (χ2n) is 2.15. The van der Waals surface area contributed by atoms with Gasteiger partial charge in [-0.05, 0) is 12.1 Å². The first-order valence-electron chi connectivity index (χ1n) is 3.17. The largest absolute Gasteiger partial charge is 0.360 e. The Kier molecular flexibility index (Phi) is 1.18. The van der Waals surface area contributed by atoms with E-state index in [1.165, 1.54) is 6.20 Å². The van der Waals surface area contributed by atoms with Crippen molar-refractivity contribution in [2.45, 2.75) is 0 Å². The smallest absolute Gasteiger partial charge is 0.297 e. The Bertz CT molecular complexity index is 395. The predicted octanol–water partition coefficient (Wildman–Crippen LogP) is 0.270. The Labute approximate surface area is 62.3 Å². The number of rotatable bonds is 0. The van der Waals surface area contributed by atoms with Crippen LogP contribution in [-0.4, -0.2) is 15.2 Å². The van der Waals surface area contributed by atoms with Gasteiger partial charge in [-0.25, -0.2) is 0 Å². The van der Waals surface area contributed by atoms with E-state index in [9.17, 15) is 4.79 Å². The van der Waals surface area contributed by atoms with Gasteiger partial charge < -0.3 is 4.98 Å². The number of hydrogen-bond donors (Lipinski definition) is 1. The SMILES string of the molecule is O=c1nncc2[nH]cccc1-2. The highest BCUT2D eigenvalue weighted by Crippen LogP contribution is 2.08. The fourth-order valence-electron chi connectivity index (χ4n) is 0.936. The van der Waals surface area contributed by atoms with Crippen LogP contribution in [0.15, 0.2) is 29.3 Å². The molecule has 0 atom stereocenters. The number of aromatic amines is 1. The van der Waals surface area contributed by atoms with E-state index in [0.717, 1.165) is 0 Å². The molecule has 0 unspecified atom stereocenters. The maximum absolute atomic E-state index is 11.0. The zero-order valence-electron chi connectivity index (χ0n) is 5.61. The van der Waals surface area contributed by atoms with Crippen molar-refractivity contribution in [1.29, 1.82) is 0 Å². The van der Waals surface area contributed by atoms with E-state index >= 15 is 0 Å². The topological polar surface area (TPSA) is 58.6 Å². The van der Waals surface area contributed by atoms with E-state index in [4.69, 9.17) is 0 Å². The molecule has 11 heavy (non-hydrogen) atoms. The van der Waals surface area contributed by atoms with Gasteiger partial charge in [-0.15, -0.1) is 5.10 Å². The molecule has 4 nitrogen and oxygen atoms in total. The lowest BCUT2D eigenvalue weighted by Gasteiger charge is -1.98. The highest BCUT2D eigenvalue weighted by molar-refractivity contribution is 5.56. The Morgan fingerprint density at radius 2 is 2.36 bits per heavy atom. The van der Waals surface area contributed by atoms with Gasteiger partial charge in [-0.2, -0.15) is 5.10 Å². The molecule has 0 aromatic rings. The molecule has 0 amide bonds. The molecule has 4 heteroatoms. The first-order valence-corrected chi connectivity index (χ1v) is 3.17. The second kappa shape index (κ2) is 2.16. The quantitative estimate of drug-likeness (QED) is 0.581. The summed E-state index contributed by atoms with van der Waals surface area (Å²) in [7, 11) is 0. The van der Waals surface area contributed by atoms with Crippen molar-refractivity contribution in [2.75, 3.05) is 0 Å². The summed E-state index contributed by atoms with van der Waals surface area (Å²) in [6.07, 6.45) is 3.26. The Morgan fingerprint density at radius 1 is 1.45 bits per heavy atom. The van der Waals surface area contributed by atoms with E-state index in [0.29, 0.717) is 11.3 Å². The molecule has 0 saturated heterocycles. The summed E-state index contributed by atoms with van der Waals surface area (Å²) in [5.41, 5.74) is 0.995. The zero-order valence-corrected chi connectivity index (χ0v) is 5.61.